The van der Waals surface area contributed by atoms with E-state index in [0.29, 0.717) is 28.2 Å². The maximum absolute atomic E-state index is 12.1. The van der Waals surface area contributed by atoms with Gasteiger partial charge in [-0.3, -0.25) is 4.79 Å². The summed E-state index contributed by atoms with van der Waals surface area (Å²) >= 11 is 2.45. The van der Waals surface area contributed by atoms with E-state index in [-0.39, 0.29) is 11.7 Å². The molecule has 1 aliphatic rings. The fourth-order valence-electron chi connectivity index (χ4n) is 2.27. The predicted octanol–water partition coefficient (Wildman–Crippen LogP) is 2.36. The van der Waals surface area contributed by atoms with Crippen LogP contribution < -0.4 is 5.32 Å². The average molecular weight is 381 g/mol. The smallest absolute Gasteiger partial charge is 0.350 e. The third-order valence-corrected chi connectivity index (χ3v) is 5.72. The van der Waals surface area contributed by atoms with Gasteiger partial charge in [-0.2, -0.15) is 0 Å². The summed E-state index contributed by atoms with van der Waals surface area (Å²) in [4.78, 5) is 28.5. The molecule has 2 aromatic heterocycles. The zero-order valence-electron chi connectivity index (χ0n) is 14.2. The highest BCUT2D eigenvalue weighted by molar-refractivity contribution is 7.99. The number of hydrogen-bond donors (Lipinski definition) is 1. The number of ether oxygens (including phenoxy) is 1. The van der Waals surface area contributed by atoms with E-state index in [0.717, 1.165) is 35.2 Å². The monoisotopic (exact) mass is 381 g/mol. The van der Waals surface area contributed by atoms with Crippen LogP contribution in [-0.2, 0) is 16.6 Å². The van der Waals surface area contributed by atoms with Crippen LogP contribution in [0.15, 0.2) is 5.16 Å². The summed E-state index contributed by atoms with van der Waals surface area (Å²) in [5, 5.41) is 12.2. The first kappa shape index (κ1) is 17.9. The van der Waals surface area contributed by atoms with Crippen molar-refractivity contribution in [3.63, 3.8) is 0 Å². The highest BCUT2D eigenvalue weighted by Crippen LogP contribution is 2.39. The molecule has 0 atom stereocenters. The van der Waals surface area contributed by atoms with Gasteiger partial charge in [-0.15, -0.1) is 10.2 Å². The van der Waals surface area contributed by atoms with Crippen molar-refractivity contribution >= 4 is 40.1 Å². The lowest BCUT2D eigenvalue weighted by Gasteiger charge is -2.03. The Bertz CT molecular complexity index is 797. The van der Waals surface area contributed by atoms with E-state index in [9.17, 15) is 9.59 Å². The fourth-order valence-corrected chi connectivity index (χ4v) is 3.86. The highest BCUT2D eigenvalue weighted by Gasteiger charge is 2.29. The van der Waals surface area contributed by atoms with E-state index in [1.54, 1.807) is 13.8 Å². The van der Waals surface area contributed by atoms with Crippen LogP contribution in [0.25, 0.3) is 0 Å². The van der Waals surface area contributed by atoms with E-state index in [2.05, 4.69) is 20.5 Å². The second-order valence-electron chi connectivity index (χ2n) is 5.66. The lowest BCUT2D eigenvalue weighted by atomic mass is 10.4. The summed E-state index contributed by atoms with van der Waals surface area (Å²) < 4.78 is 6.92. The van der Waals surface area contributed by atoms with Gasteiger partial charge in [-0.1, -0.05) is 23.1 Å². The molecule has 0 aromatic carbocycles. The normalized spacial score (nSPS) is 13.7. The zero-order valence-corrected chi connectivity index (χ0v) is 15.9. The number of carbonyl (C=O) groups is 2. The Morgan fingerprint density at radius 3 is 2.84 bits per heavy atom. The van der Waals surface area contributed by atoms with Gasteiger partial charge in [-0.05, 0) is 26.7 Å². The SMILES string of the molecule is CCOC(=O)c1sc(NC(=O)CSc2nnc(C3CC3)n2C)nc1C. The Kier molecular flexibility index (Phi) is 5.38. The van der Waals surface area contributed by atoms with Gasteiger partial charge in [0.15, 0.2) is 10.3 Å². The summed E-state index contributed by atoms with van der Waals surface area (Å²) in [5.41, 5.74) is 0.550. The minimum atomic E-state index is -0.418. The quantitative estimate of drug-likeness (QED) is 0.580. The third-order valence-electron chi connectivity index (χ3n) is 3.65. The van der Waals surface area contributed by atoms with E-state index in [1.165, 1.54) is 11.8 Å². The van der Waals surface area contributed by atoms with Crippen molar-refractivity contribution < 1.29 is 14.3 Å². The average Bonchev–Trinajstić information content (AvgIpc) is 3.24. The summed E-state index contributed by atoms with van der Waals surface area (Å²) in [6.45, 7) is 3.76. The topological polar surface area (TPSA) is 99.0 Å². The number of amides is 1. The van der Waals surface area contributed by atoms with Crippen LogP contribution in [0.5, 0.6) is 0 Å². The number of thiazole rings is 1. The maximum Gasteiger partial charge on any atom is 0.350 e. The largest absolute Gasteiger partial charge is 0.462 e. The molecule has 1 N–H and O–H groups in total. The lowest BCUT2D eigenvalue weighted by molar-refractivity contribution is -0.113. The molecule has 0 unspecified atom stereocenters. The van der Waals surface area contributed by atoms with Gasteiger partial charge in [-0.25, -0.2) is 9.78 Å². The van der Waals surface area contributed by atoms with Crippen molar-refractivity contribution in [2.45, 2.75) is 37.8 Å². The van der Waals surface area contributed by atoms with Crippen LogP contribution in [0, 0.1) is 6.92 Å². The molecule has 0 aliphatic heterocycles. The van der Waals surface area contributed by atoms with Gasteiger partial charge in [0.1, 0.15) is 10.7 Å². The van der Waals surface area contributed by atoms with E-state index >= 15 is 0 Å². The molecule has 1 fully saturated rings. The molecule has 0 radical (unpaired) electrons. The van der Waals surface area contributed by atoms with Gasteiger partial charge in [0, 0.05) is 13.0 Å². The van der Waals surface area contributed by atoms with Crippen LogP contribution in [0.3, 0.4) is 0 Å². The predicted molar refractivity (Wildman–Crippen MR) is 95.1 cm³/mol. The minimum absolute atomic E-state index is 0.198. The van der Waals surface area contributed by atoms with Gasteiger partial charge in [0.25, 0.3) is 0 Å². The Labute approximate surface area is 153 Å². The van der Waals surface area contributed by atoms with Crippen molar-refractivity contribution in [2.24, 2.45) is 7.05 Å². The van der Waals surface area contributed by atoms with E-state index < -0.39 is 5.97 Å². The Balaban J connectivity index is 1.56. The number of aryl methyl sites for hydroxylation is 1. The van der Waals surface area contributed by atoms with Crippen LogP contribution in [0.2, 0.25) is 0 Å². The van der Waals surface area contributed by atoms with Gasteiger partial charge in [0.2, 0.25) is 5.91 Å². The van der Waals surface area contributed by atoms with Crippen molar-refractivity contribution in [1.29, 1.82) is 0 Å². The van der Waals surface area contributed by atoms with Crippen molar-refractivity contribution in [1.82, 2.24) is 19.7 Å². The lowest BCUT2D eigenvalue weighted by Crippen LogP contribution is -2.14. The second-order valence-corrected chi connectivity index (χ2v) is 7.61. The molecular formula is C15H19N5O3S2. The zero-order chi connectivity index (χ0) is 18.0. The highest BCUT2D eigenvalue weighted by atomic mass is 32.2. The van der Waals surface area contributed by atoms with Gasteiger partial charge >= 0.3 is 5.97 Å². The minimum Gasteiger partial charge on any atom is -0.462 e. The number of nitrogens with zero attached hydrogens (tertiary/aromatic N) is 4. The number of anilines is 1. The molecule has 0 saturated heterocycles. The summed E-state index contributed by atoms with van der Waals surface area (Å²) in [6.07, 6.45) is 2.31. The molecule has 134 valence electrons. The number of aromatic nitrogens is 4. The number of esters is 1. The van der Waals surface area contributed by atoms with Crippen LogP contribution in [0.4, 0.5) is 5.13 Å². The molecular weight excluding hydrogens is 362 g/mol. The number of rotatable bonds is 7. The molecule has 25 heavy (non-hydrogen) atoms. The molecule has 1 saturated carbocycles. The first-order valence-corrected chi connectivity index (χ1v) is 9.76. The van der Waals surface area contributed by atoms with Crippen LogP contribution in [-0.4, -0.2) is 44.0 Å². The van der Waals surface area contributed by atoms with E-state index in [4.69, 9.17) is 4.74 Å². The van der Waals surface area contributed by atoms with Crippen molar-refractivity contribution in [3.8, 4) is 0 Å². The van der Waals surface area contributed by atoms with E-state index in [1.807, 2.05) is 11.6 Å². The van der Waals surface area contributed by atoms with Gasteiger partial charge in [0.05, 0.1) is 18.1 Å². The molecule has 1 aliphatic carbocycles. The summed E-state index contributed by atoms with van der Waals surface area (Å²) in [5.74, 6) is 1.08. The summed E-state index contributed by atoms with van der Waals surface area (Å²) in [6, 6.07) is 0. The number of carbonyl (C=O) groups excluding carboxylic acids is 2. The third kappa shape index (κ3) is 4.18. The molecule has 2 aromatic rings. The Hall–Kier alpha value is -1.94. The van der Waals surface area contributed by atoms with Crippen molar-refractivity contribution in [2.75, 3.05) is 17.7 Å². The fraction of sp³-hybridized carbons (Fsp3) is 0.533. The number of hydrogen-bond acceptors (Lipinski definition) is 8. The first-order valence-electron chi connectivity index (χ1n) is 7.96. The molecule has 0 bridgehead atoms. The number of thioether (sulfide) groups is 1. The Morgan fingerprint density at radius 2 is 2.16 bits per heavy atom. The van der Waals surface area contributed by atoms with Crippen molar-refractivity contribution in [3.05, 3.63) is 16.4 Å². The molecule has 1 amide bonds. The molecule has 10 heteroatoms. The molecule has 2 heterocycles. The molecule has 8 nitrogen and oxygen atoms in total. The molecule has 3 rings (SSSR count). The maximum atomic E-state index is 12.1. The van der Waals surface area contributed by atoms with Gasteiger partial charge < -0.3 is 14.6 Å². The molecule has 0 spiro atoms. The van der Waals surface area contributed by atoms with Crippen LogP contribution in [0.1, 0.15) is 46.9 Å². The number of nitrogens with one attached hydrogen (secondary N) is 1. The summed E-state index contributed by atoms with van der Waals surface area (Å²) in [7, 11) is 1.92. The first-order chi connectivity index (χ1) is 12.0. The van der Waals surface area contributed by atoms with Crippen LogP contribution >= 0.6 is 23.1 Å². The Morgan fingerprint density at radius 1 is 1.40 bits per heavy atom. The standard InChI is InChI=1S/C15H19N5O3S2/c1-4-23-13(22)11-8(2)16-14(25-11)17-10(21)7-24-15-19-18-12(20(15)3)9-5-6-9/h9H,4-7H2,1-3H3,(H,16,17,21). The second kappa shape index (κ2) is 7.52.